The number of pyridine rings is 1. The molecule has 146 valence electrons. The minimum absolute atomic E-state index is 0.125. The first-order chi connectivity index (χ1) is 14.0. The summed E-state index contributed by atoms with van der Waals surface area (Å²) in [5, 5.41) is 13.3. The lowest BCUT2D eigenvalue weighted by molar-refractivity contribution is -0.113. The zero-order valence-corrected chi connectivity index (χ0v) is 17.5. The number of methoxy groups -OCH3 is 1. The Morgan fingerprint density at radius 1 is 1.21 bits per heavy atom. The van der Waals surface area contributed by atoms with Crippen LogP contribution in [0.15, 0.2) is 59.6 Å². The minimum Gasteiger partial charge on any atom is -0.497 e. The molecule has 0 spiro atoms. The van der Waals surface area contributed by atoms with Gasteiger partial charge in [0, 0.05) is 16.3 Å². The zero-order chi connectivity index (χ0) is 20.8. The molecule has 29 heavy (non-hydrogen) atoms. The van der Waals surface area contributed by atoms with Gasteiger partial charge in [-0.15, -0.1) is 0 Å². The van der Waals surface area contributed by atoms with Gasteiger partial charge in [0.05, 0.1) is 24.1 Å². The van der Waals surface area contributed by atoms with Crippen LogP contribution in [0.5, 0.6) is 5.75 Å². The first kappa shape index (κ1) is 20.7. The van der Waals surface area contributed by atoms with E-state index in [-0.39, 0.29) is 11.7 Å². The molecule has 0 aliphatic rings. The topological polar surface area (TPSA) is 75.0 Å². The number of aromatic nitrogens is 1. The van der Waals surface area contributed by atoms with Crippen LogP contribution in [0, 0.1) is 18.3 Å². The summed E-state index contributed by atoms with van der Waals surface area (Å²) in [6.45, 7) is 1.90. The monoisotopic (exact) mass is 423 g/mol. The second-order valence-corrected chi connectivity index (χ2v) is 7.59. The Bertz CT molecular complexity index is 1080. The summed E-state index contributed by atoms with van der Waals surface area (Å²) >= 11 is 7.22. The zero-order valence-electron chi connectivity index (χ0n) is 15.9. The van der Waals surface area contributed by atoms with E-state index in [1.807, 2.05) is 37.3 Å². The average molecular weight is 424 g/mol. The van der Waals surface area contributed by atoms with Gasteiger partial charge >= 0.3 is 0 Å². The molecule has 0 saturated heterocycles. The van der Waals surface area contributed by atoms with Crippen molar-refractivity contribution in [2.24, 2.45) is 0 Å². The van der Waals surface area contributed by atoms with Gasteiger partial charge in [-0.2, -0.15) is 5.26 Å². The highest BCUT2D eigenvalue weighted by atomic mass is 35.5. The maximum atomic E-state index is 12.4. The molecule has 1 N–H and O–H groups in total. The highest BCUT2D eigenvalue weighted by molar-refractivity contribution is 8.00. The number of anilines is 1. The maximum Gasteiger partial charge on any atom is 0.234 e. The van der Waals surface area contributed by atoms with E-state index in [0.29, 0.717) is 21.3 Å². The summed E-state index contributed by atoms with van der Waals surface area (Å²) in [6, 6.07) is 18.5. The van der Waals surface area contributed by atoms with Crippen molar-refractivity contribution < 1.29 is 9.53 Å². The largest absolute Gasteiger partial charge is 0.497 e. The molecule has 3 rings (SSSR count). The highest BCUT2D eigenvalue weighted by Crippen LogP contribution is 2.27. The predicted octanol–water partition coefficient (Wildman–Crippen LogP) is 5.32. The van der Waals surface area contributed by atoms with Gasteiger partial charge in [-0.1, -0.05) is 29.4 Å². The third-order valence-corrected chi connectivity index (χ3v) is 5.41. The Morgan fingerprint density at radius 3 is 2.66 bits per heavy atom. The summed E-state index contributed by atoms with van der Waals surface area (Å²) in [5.74, 6) is 0.686. The lowest BCUT2D eigenvalue weighted by atomic mass is 10.1. The van der Waals surface area contributed by atoms with Gasteiger partial charge in [-0.05, 0) is 61.0 Å². The molecule has 0 aliphatic heterocycles. The van der Waals surface area contributed by atoms with Gasteiger partial charge < -0.3 is 10.1 Å². The molecule has 0 unspecified atom stereocenters. The van der Waals surface area contributed by atoms with E-state index in [9.17, 15) is 10.1 Å². The molecule has 0 bridgehead atoms. The van der Waals surface area contributed by atoms with Crippen molar-refractivity contribution >= 4 is 35.0 Å². The summed E-state index contributed by atoms with van der Waals surface area (Å²) in [5.41, 5.74) is 3.64. The quantitative estimate of drug-likeness (QED) is 0.543. The molecule has 0 atom stereocenters. The molecular formula is C22H18ClN3O2S. The van der Waals surface area contributed by atoms with Gasteiger partial charge in [0.25, 0.3) is 0 Å². The van der Waals surface area contributed by atoms with Crippen LogP contribution in [0.25, 0.3) is 11.3 Å². The SMILES string of the molecule is COc1ccc(-c2ccc(C#N)c(SCC(=O)Nc3cc(Cl)ccc3C)n2)cc1. The number of nitriles is 1. The van der Waals surface area contributed by atoms with Crippen molar-refractivity contribution in [2.75, 3.05) is 18.2 Å². The molecule has 1 aromatic heterocycles. The molecule has 0 fully saturated rings. The van der Waals surface area contributed by atoms with Gasteiger partial charge in [0.1, 0.15) is 16.8 Å². The van der Waals surface area contributed by atoms with Crippen LogP contribution in [-0.4, -0.2) is 23.8 Å². The summed E-state index contributed by atoms with van der Waals surface area (Å²) in [7, 11) is 1.61. The average Bonchev–Trinajstić information content (AvgIpc) is 2.74. The number of halogens is 1. The van der Waals surface area contributed by atoms with E-state index in [4.69, 9.17) is 16.3 Å². The summed E-state index contributed by atoms with van der Waals surface area (Å²) in [4.78, 5) is 17.0. The molecule has 3 aromatic rings. The number of benzene rings is 2. The Hall–Kier alpha value is -3.01. The molecule has 1 amide bonds. The standard InChI is InChI=1S/C22H18ClN3O2S/c1-14-3-7-17(23)11-20(14)25-21(27)13-29-22-16(12-24)6-10-19(26-22)15-4-8-18(28-2)9-5-15/h3-11H,13H2,1-2H3,(H,25,27). The number of amides is 1. The van der Waals surface area contributed by atoms with Crippen LogP contribution < -0.4 is 10.1 Å². The fourth-order valence-electron chi connectivity index (χ4n) is 2.61. The fourth-order valence-corrected chi connectivity index (χ4v) is 3.55. The van der Waals surface area contributed by atoms with Crippen LogP contribution in [0.3, 0.4) is 0 Å². The van der Waals surface area contributed by atoms with Crippen LogP contribution >= 0.6 is 23.4 Å². The minimum atomic E-state index is -0.194. The van der Waals surface area contributed by atoms with E-state index in [0.717, 1.165) is 22.6 Å². The lowest BCUT2D eigenvalue weighted by Crippen LogP contribution is -2.15. The number of carbonyl (C=O) groups is 1. The predicted molar refractivity (Wildman–Crippen MR) is 116 cm³/mol. The van der Waals surface area contributed by atoms with Crippen molar-refractivity contribution in [3.05, 3.63) is 70.7 Å². The van der Waals surface area contributed by atoms with Gasteiger partial charge in [-0.25, -0.2) is 4.98 Å². The Balaban J connectivity index is 1.74. The number of hydrogen-bond acceptors (Lipinski definition) is 5. The van der Waals surface area contributed by atoms with Gasteiger partial charge in [0.15, 0.2) is 0 Å². The van der Waals surface area contributed by atoms with Gasteiger partial charge in [0.2, 0.25) is 5.91 Å². The second kappa shape index (κ2) is 9.46. The smallest absolute Gasteiger partial charge is 0.234 e. The Kier molecular flexibility index (Phi) is 6.76. The molecule has 0 aliphatic carbocycles. The first-order valence-corrected chi connectivity index (χ1v) is 10.1. The number of carbonyl (C=O) groups excluding carboxylic acids is 1. The van der Waals surface area contributed by atoms with E-state index >= 15 is 0 Å². The van der Waals surface area contributed by atoms with E-state index < -0.39 is 0 Å². The summed E-state index contributed by atoms with van der Waals surface area (Å²) < 4.78 is 5.17. The lowest BCUT2D eigenvalue weighted by Gasteiger charge is -2.10. The molecule has 2 aromatic carbocycles. The molecule has 1 heterocycles. The van der Waals surface area contributed by atoms with Crippen molar-refractivity contribution in [2.45, 2.75) is 11.9 Å². The third kappa shape index (κ3) is 5.29. The molecule has 0 saturated carbocycles. The van der Waals surface area contributed by atoms with Gasteiger partial charge in [-0.3, -0.25) is 4.79 Å². The third-order valence-electron chi connectivity index (χ3n) is 4.18. The first-order valence-electron chi connectivity index (χ1n) is 8.74. The number of thioether (sulfide) groups is 1. The van der Waals surface area contributed by atoms with Crippen LogP contribution in [0.2, 0.25) is 5.02 Å². The highest BCUT2D eigenvalue weighted by Gasteiger charge is 2.12. The number of nitrogens with zero attached hydrogens (tertiary/aromatic N) is 2. The second-order valence-electron chi connectivity index (χ2n) is 6.19. The molecule has 0 radical (unpaired) electrons. The van der Waals surface area contributed by atoms with E-state index in [1.165, 1.54) is 11.8 Å². The van der Waals surface area contributed by atoms with Crippen molar-refractivity contribution in [3.8, 4) is 23.1 Å². The number of aryl methyl sites for hydroxylation is 1. The normalized spacial score (nSPS) is 10.3. The number of hydrogen-bond donors (Lipinski definition) is 1. The van der Waals surface area contributed by atoms with Crippen molar-refractivity contribution in [3.63, 3.8) is 0 Å². The Morgan fingerprint density at radius 2 is 1.97 bits per heavy atom. The molecule has 5 nitrogen and oxygen atoms in total. The maximum absolute atomic E-state index is 12.4. The van der Waals surface area contributed by atoms with Crippen LogP contribution in [-0.2, 0) is 4.79 Å². The van der Waals surface area contributed by atoms with Crippen molar-refractivity contribution in [1.29, 1.82) is 5.26 Å². The van der Waals surface area contributed by atoms with Crippen LogP contribution in [0.4, 0.5) is 5.69 Å². The van der Waals surface area contributed by atoms with Crippen molar-refractivity contribution in [1.82, 2.24) is 4.98 Å². The van der Waals surface area contributed by atoms with E-state index in [2.05, 4.69) is 16.4 Å². The number of ether oxygens (including phenoxy) is 1. The van der Waals surface area contributed by atoms with E-state index in [1.54, 1.807) is 31.4 Å². The molecular weight excluding hydrogens is 406 g/mol. The molecule has 7 heteroatoms. The fraction of sp³-hybridized carbons (Fsp3) is 0.136. The van der Waals surface area contributed by atoms with Crippen LogP contribution in [0.1, 0.15) is 11.1 Å². The number of nitrogens with one attached hydrogen (secondary N) is 1. The summed E-state index contributed by atoms with van der Waals surface area (Å²) in [6.07, 6.45) is 0. The Labute approximate surface area is 178 Å². The number of rotatable bonds is 6.